The Morgan fingerprint density at radius 1 is 1.04 bits per heavy atom. The van der Waals surface area contributed by atoms with Crippen LogP contribution in [0.4, 0.5) is 10.2 Å². The third-order valence-corrected chi connectivity index (χ3v) is 8.55. The molecule has 1 aromatic carbocycles. The number of pyridine rings is 1. The van der Waals surface area contributed by atoms with E-state index in [1.54, 1.807) is 29.2 Å². The fraction of sp³-hybridized carbons (Fsp3) is 0.412. The first-order chi connectivity index (χ1) is 21.4. The van der Waals surface area contributed by atoms with Gasteiger partial charge in [0.25, 0.3) is 0 Å². The quantitative estimate of drug-likeness (QED) is 0.216. The molecule has 1 aliphatic rings. The van der Waals surface area contributed by atoms with Crippen molar-refractivity contribution >= 4 is 34.4 Å². The average molecular weight is 632 g/mol. The van der Waals surface area contributed by atoms with Crippen LogP contribution in [0.25, 0.3) is 28.0 Å². The summed E-state index contributed by atoms with van der Waals surface area (Å²) in [4.78, 5) is 50.0. The van der Waals surface area contributed by atoms with Gasteiger partial charge in [-0.3, -0.25) is 4.79 Å². The first-order valence-corrected chi connectivity index (χ1v) is 15.7. The van der Waals surface area contributed by atoms with Gasteiger partial charge in [0.05, 0.1) is 33.2 Å². The molecule has 0 aliphatic carbocycles. The van der Waals surface area contributed by atoms with Crippen LogP contribution >= 0.6 is 11.6 Å². The second-order valence-electron chi connectivity index (χ2n) is 12.2. The van der Waals surface area contributed by atoms with Crippen molar-refractivity contribution in [2.45, 2.75) is 78.8 Å². The number of anilines is 1. The van der Waals surface area contributed by atoms with Gasteiger partial charge in [-0.25, -0.2) is 28.7 Å². The zero-order chi connectivity index (χ0) is 32.7. The van der Waals surface area contributed by atoms with Crippen LogP contribution in [-0.4, -0.2) is 60.5 Å². The van der Waals surface area contributed by atoms with E-state index in [-0.39, 0.29) is 51.8 Å². The van der Waals surface area contributed by atoms with Crippen molar-refractivity contribution in [2.24, 2.45) is 0 Å². The van der Waals surface area contributed by atoms with E-state index in [4.69, 9.17) is 26.6 Å². The Bertz CT molecular complexity index is 1830. The highest BCUT2D eigenvalue weighted by molar-refractivity contribution is 6.33. The molecule has 2 atom stereocenters. The number of nitrogens with zero attached hydrogens (tertiary/aromatic N) is 7. The topological polar surface area (TPSA) is 97.1 Å². The van der Waals surface area contributed by atoms with Crippen molar-refractivity contribution in [3.63, 3.8) is 0 Å². The number of fused-ring (bicyclic) bond motifs is 1. The van der Waals surface area contributed by atoms with Crippen molar-refractivity contribution in [1.29, 1.82) is 0 Å². The Labute approximate surface area is 267 Å². The summed E-state index contributed by atoms with van der Waals surface area (Å²) in [6, 6.07) is 7.60. The zero-order valence-electron chi connectivity index (χ0n) is 26.8. The third kappa shape index (κ3) is 5.83. The highest BCUT2D eigenvalue weighted by Crippen LogP contribution is 2.37. The summed E-state index contributed by atoms with van der Waals surface area (Å²) in [6.07, 6.45) is 1.94. The number of benzene rings is 1. The molecule has 0 spiro atoms. The Hall–Kier alpha value is -4.18. The molecule has 0 radical (unpaired) electrons. The molecule has 11 heteroatoms. The van der Waals surface area contributed by atoms with Crippen molar-refractivity contribution in [3.05, 3.63) is 81.5 Å². The lowest BCUT2D eigenvalue weighted by molar-refractivity contribution is -0.128. The maximum atomic E-state index is 15.1. The van der Waals surface area contributed by atoms with Gasteiger partial charge in [-0.2, -0.15) is 4.98 Å². The van der Waals surface area contributed by atoms with Crippen LogP contribution in [0.5, 0.6) is 0 Å². The van der Waals surface area contributed by atoms with Gasteiger partial charge in [-0.05, 0) is 50.0 Å². The lowest BCUT2D eigenvalue weighted by Gasteiger charge is -2.44. The number of aryl methyl sites for hydroxylation is 1. The molecule has 9 nitrogen and oxygen atoms in total. The minimum atomic E-state index is -0.562. The maximum Gasteiger partial charge on any atom is 0.355 e. The molecular weight excluding hydrogens is 593 g/mol. The standard InChI is InChI=1S/C34H39ClFN7O2/c1-9-26-37-28(18(3)4)31(29(38-26)19(5)6)43-33-23(15-24(35)30(39-33)22-13-11-12-14-25(22)36)32(40-34(43)45)42-17-20(7)41(16-21(42)8)27(44)10-2/h10-15,18-21H,2,9,16-17H2,1,3-8H3/t20-,21+/m1/s1. The summed E-state index contributed by atoms with van der Waals surface area (Å²) in [5, 5.41) is 0.735. The fourth-order valence-corrected chi connectivity index (χ4v) is 6.20. The Kier molecular flexibility index (Phi) is 9.07. The second kappa shape index (κ2) is 12.7. The number of carbonyl (C=O) groups excluding carboxylic acids is 1. The molecule has 4 heterocycles. The lowest BCUT2D eigenvalue weighted by Crippen LogP contribution is -2.58. The van der Waals surface area contributed by atoms with Gasteiger partial charge in [0, 0.05) is 37.2 Å². The Morgan fingerprint density at radius 2 is 1.69 bits per heavy atom. The molecule has 236 valence electrons. The van der Waals surface area contributed by atoms with E-state index < -0.39 is 11.5 Å². The van der Waals surface area contributed by atoms with E-state index in [1.165, 1.54) is 16.7 Å². The van der Waals surface area contributed by atoms with Crippen molar-refractivity contribution in [2.75, 3.05) is 18.0 Å². The van der Waals surface area contributed by atoms with Crippen LogP contribution < -0.4 is 10.6 Å². The normalized spacial score (nSPS) is 17.0. The molecule has 4 aromatic rings. The summed E-state index contributed by atoms with van der Waals surface area (Å²) in [7, 11) is 0. The molecule has 1 saturated heterocycles. The van der Waals surface area contributed by atoms with Crippen LogP contribution in [0.1, 0.15) is 77.5 Å². The summed E-state index contributed by atoms with van der Waals surface area (Å²) < 4.78 is 16.6. The molecule has 1 aliphatic heterocycles. The predicted molar refractivity (Wildman–Crippen MR) is 177 cm³/mol. The van der Waals surface area contributed by atoms with Crippen LogP contribution in [0.15, 0.2) is 47.8 Å². The molecule has 0 bridgehead atoms. The van der Waals surface area contributed by atoms with Gasteiger partial charge in [0.15, 0.2) is 5.65 Å². The summed E-state index contributed by atoms with van der Waals surface area (Å²) in [6.45, 7) is 18.5. The SMILES string of the molecule is C=CC(=O)N1C[C@H](C)N(c2nc(=O)n(-c3c(C(C)C)nc(CC)nc3C(C)C)c3nc(-c4ccccc4F)c(Cl)cc23)C[C@H]1C. The van der Waals surface area contributed by atoms with Gasteiger partial charge in [0.2, 0.25) is 5.91 Å². The highest BCUT2D eigenvalue weighted by atomic mass is 35.5. The lowest BCUT2D eigenvalue weighted by atomic mass is 10.0. The molecular formula is C34H39ClFN7O2. The fourth-order valence-electron chi connectivity index (χ4n) is 5.95. The van der Waals surface area contributed by atoms with Crippen LogP contribution in [0, 0.1) is 5.82 Å². The number of halogens is 2. The predicted octanol–water partition coefficient (Wildman–Crippen LogP) is 6.45. The monoisotopic (exact) mass is 631 g/mol. The van der Waals surface area contributed by atoms with Crippen LogP contribution in [0.3, 0.4) is 0 Å². The smallest absolute Gasteiger partial charge is 0.349 e. The molecule has 45 heavy (non-hydrogen) atoms. The Morgan fingerprint density at radius 3 is 2.27 bits per heavy atom. The first kappa shape index (κ1) is 32.2. The number of amides is 1. The van der Waals surface area contributed by atoms with E-state index in [9.17, 15) is 9.59 Å². The molecule has 3 aromatic heterocycles. The van der Waals surface area contributed by atoms with Gasteiger partial charge < -0.3 is 9.80 Å². The van der Waals surface area contributed by atoms with E-state index in [2.05, 4.69) is 11.6 Å². The Balaban J connectivity index is 1.88. The van der Waals surface area contributed by atoms with Crippen LogP contribution in [-0.2, 0) is 11.2 Å². The van der Waals surface area contributed by atoms with Gasteiger partial charge >= 0.3 is 5.69 Å². The number of hydrogen-bond donors (Lipinski definition) is 0. The summed E-state index contributed by atoms with van der Waals surface area (Å²) >= 11 is 6.86. The number of piperazine rings is 1. The molecule has 1 amide bonds. The largest absolute Gasteiger partial charge is 0.355 e. The zero-order valence-corrected chi connectivity index (χ0v) is 27.6. The van der Waals surface area contributed by atoms with E-state index in [0.717, 1.165) is 0 Å². The van der Waals surface area contributed by atoms with Crippen LogP contribution in [0.2, 0.25) is 5.02 Å². The maximum absolute atomic E-state index is 15.1. The number of rotatable bonds is 7. The van der Waals surface area contributed by atoms with Crippen molar-refractivity contribution in [1.82, 2.24) is 29.4 Å². The summed E-state index contributed by atoms with van der Waals surface area (Å²) in [5.41, 5.74) is 2.06. The number of carbonyl (C=O) groups is 1. The minimum absolute atomic E-state index is 0.0536. The first-order valence-electron chi connectivity index (χ1n) is 15.4. The van der Waals surface area contributed by atoms with Gasteiger partial charge in [-0.1, -0.05) is 64.9 Å². The van der Waals surface area contributed by atoms with Crippen molar-refractivity contribution in [3.8, 4) is 16.9 Å². The third-order valence-electron chi connectivity index (χ3n) is 8.26. The van der Waals surface area contributed by atoms with E-state index in [0.29, 0.717) is 53.6 Å². The van der Waals surface area contributed by atoms with E-state index >= 15 is 4.39 Å². The second-order valence-corrected chi connectivity index (χ2v) is 12.6. The molecule has 0 saturated carbocycles. The van der Waals surface area contributed by atoms with E-state index in [1.807, 2.05) is 53.4 Å². The summed E-state index contributed by atoms with van der Waals surface area (Å²) in [5.74, 6) is 0.338. The number of aromatic nitrogens is 5. The van der Waals surface area contributed by atoms with Gasteiger partial charge in [0.1, 0.15) is 17.5 Å². The van der Waals surface area contributed by atoms with Crippen molar-refractivity contribution < 1.29 is 9.18 Å². The number of hydrogen-bond acceptors (Lipinski definition) is 7. The molecule has 5 rings (SSSR count). The average Bonchev–Trinajstić information content (AvgIpc) is 3.01. The molecule has 0 N–H and O–H groups in total. The minimum Gasteiger partial charge on any atom is -0.349 e. The highest BCUT2D eigenvalue weighted by Gasteiger charge is 2.34. The van der Waals surface area contributed by atoms with Gasteiger partial charge in [-0.15, -0.1) is 0 Å². The molecule has 0 unspecified atom stereocenters. The molecule has 1 fully saturated rings.